The fraction of sp³-hybridized carbons (Fsp3) is 0.350. The van der Waals surface area contributed by atoms with E-state index in [1.165, 1.54) is 21.3 Å². The van der Waals surface area contributed by atoms with Gasteiger partial charge in [0.25, 0.3) is 5.91 Å². The number of aryl methyl sites for hydroxylation is 2. The standard InChI is InChI=1S/C20H23ClN2O6/c1-11-6-12(2)23-19(21)18(11)20(25)29-10-17(24)22-9-13-7-15(27-4)16(28-5)8-14(13)26-3/h6-8H,9-10H2,1-5H3,(H,22,24). The van der Waals surface area contributed by atoms with Gasteiger partial charge in [0.2, 0.25) is 0 Å². The Hall–Kier alpha value is -3.00. The van der Waals surface area contributed by atoms with Crippen LogP contribution in [0.25, 0.3) is 0 Å². The van der Waals surface area contributed by atoms with Gasteiger partial charge in [0.1, 0.15) is 10.9 Å². The smallest absolute Gasteiger partial charge is 0.342 e. The van der Waals surface area contributed by atoms with Gasteiger partial charge in [-0.2, -0.15) is 0 Å². The Kier molecular flexibility index (Phi) is 7.67. The van der Waals surface area contributed by atoms with Gasteiger partial charge in [0.15, 0.2) is 18.1 Å². The molecule has 9 heteroatoms. The zero-order valence-corrected chi connectivity index (χ0v) is 17.7. The SMILES string of the molecule is COc1cc(OC)c(OC)cc1CNC(=O)COC(=O)c1c(C)cc(C)nc1Cl. The minimum atomic E-state index is -0.709. The monoisotopic (exact) mass is 422 g/mol. The minimum Gasteiger partial charge on any atom is -0.496 e. The van der Waals surface area contributed by atoms with Gasteiger partial charge in [-0.25, -0.2) is 9.78 Å². The van der Waals surface area contributed by atoms with Crippen molar-refractivity contribution >= 4 is 23.5 Å². The summed E-state index contributed by atoms with van der Waals surface area (Å²) in [5.74, 6) is 0.337. The van der Waals surface area contributed by atoms with Crippen LogP contribution in [0.1, 0.15) is 27.2 Å². The van der Waals surface area contributed by atoms with Crippen LogP contribution in [0, 0.1) is 13.8 Å². The lowest BCUT2D eigenvalue weighted by atomic mass is 10.1. The third kappa shape index (κ3) is 5.51. The van der Waals surface area contributed by atoms with E-state index in [9.17, 15) is 9.59 Å². The van der Waals surface area contributed by atoms with E-state index in [4.69, 9.17) is 30.5 Å². The Morgan fingerprint density at radius 3 is 2.21 bits per heavy atom. The number of pyridine rings is 1. The summed E-state index contributed by atoms with van der Waals surface area (Å²) in [6, 6.07) is 5.08. The van der Waals surface area contributed by atoms with Crippen molar-refractivity contribution in [2.45, 2.75) is 20.4 Å². The number of nitrogens with zero attached hydrogens (tertiary/aromatic N) is 1. The molecule has 0 bridgehead atoms. The van der Waals surface area contributed by atoms with Gasteiger partial charge >= 0.3 is 5.97 Å². The minimum absolute atomic E-state index is 0.0444. The first kappa shape index (κ1) is 22.3. The molecule has 0 saturated carbocycles. The number of amides is 1. The Labute approximate surface area is 174 Å². The highest BCUT2D eigenvalue weighted by atomic mass is 35.5. The number of rotatable bonds is 8. The van der Waals surface area contributed by atoms with Crippen molar-refractivity contribution in [3.8, 4) is 17.2 Å². The highest BCUT2D eigenvalue weighted by Gasteiger charge is 2.18. The lowest BCUT2D eigenvalue weighted by Crippen LogP contribution is -2.28. The van der Waals surface area contributed by atoms with Crippen LogP contribution in [-0.2, 0) is 16.1 Å². The topological polar surface area (TPSA) is 96.0 Å². The van der Waals surface area contributed by atoms with Gasteiger partial charge in [0.05, 0.1) is 26.9 Å². The number of aromatic nitrogens is 1. The van der Waals surface area contributed by atoms with E-state index >= 15 is 0 Å². The summed E-state index contributed by atoms with van der Waals surface area (Å²) >= 11 is 6.02. The fourth-order valence-electron chi connectivity index (χ4n) is 2.72. The van der Waals surface area contributed by atoms with Gasteiger partial charge in [0, 0.05) is 23.9 Å². The Bertz CT molecular complexity index is 893. The maximum absolute atomic E-state index is 12.3. The van der Waals surface area contributed by atoms with Crippen LogP contribution >= 0.6 is 11.6 Å². The summed E-state index contributed by atoms with van der Waals surface area (Å²) < 4.78 is 20.9. The van der Waals surface area contributed by atoms with E-state index in [0.717, 1.165) is 0 Å². The Balaban J connectivity index is 1.99. The number of carbonyl (C=O) groups excluding carboxylic acids is 2. The molecule has 0 aliphatic rings. The molecule has 8 nitrogen and oxygen atoms in total. The second-order valence-corrected chi connectivity index (χ2v) is 6.48. The zero-order chi connectivity index (χ0) is 21.6. The summed E-state index contributed by atoms with van der Waals surface area (Å²) in [5, 5.41) is 2.71. The molecule has 0 spiro atoms. The number of halogens is 1. The van der Waals surface area contributed by atoms with E-state index in [1.54, 1.807) is 32.0 Å². The lowest BCUT2D eigenvalue weighted by Gasteiger charge is -2.14. The maximum Gasteiger partial charge on any atom is 0.342 e. The number of methoxy groups -OCH3 is 3. The predicted octanol–water partition coefficient (Wildman–Crippen LogP) is 2.85. The normalized spacial score (nSPS) is 10.3. The molecule has 0 unspecified atom stereocenters. The van der Waals surface area contributed by atoms with Crippen molar-refractivity contribution in [1.82, 2.24) is 10.3 Å². The van der Waals surface area contributed by atoms with Crippen LogP contribution in [0.3, 0.4) is 0 Å². The maximum atomic E-state index is 12.3. The highest BCUT2D eigenvalue weighted by molar-refractivity contribution is 6.32. The number of benzene rings is 1. The first-order valence-electron chi connectivity index (χ1n) is 8.67. The summed E-state index contributed by atoms with van der Waals surface area (Å²) in [7, 11) is 4.54. The van der Waals surface area contributed by atoms with Crippen molar-refractivity contribution in [3.63, 3.8) is 0 Å². The first-order chi connectivity index (χ1) is 13.8. The number of ether oxygens (including phenoxy) is 4. The van der Waals surface area contributed by atoms with E-state index in [-0.39, 0.29) is 17.3 Å². The summed E-state index contributed by atoms with van der Waals surface area (Å²) in [6.45, 7) is 3.17. The van der Waals surface area contributed by atoms with Gasteiger partial charge < -0.3 is 24.3 Å². The lowest BCUT2D eigenvalue weighted by molar-refractivity contribution is -0.124. The molecule has 0 fully saturated rings. The predicted molar refractivity (Wildman–Crippen MR) is 107 cm³/mol. The Morgan fingerprint density at radius 1 is 1.00 bits per heavy atom. The number of nitrogens with one attached hydrogen (secondary N) is 1. The average molecular weight is 423 g/mol. The summed E-state index contributed by atoms with van der Waals surface area (Å²) in [5.41, 5.74) is 2.13. The van der Waals surface area contributed by atoms with Crippen LogP contribution in [0.15, 0.2) is 18.2 Å². The van der Waals surface area contributed by atoms with Gasteiger partial charge in [-0.15, -0.1) is 0 Å². The molecule has 0 saturated heterocycles. The van der Waals surface area contributed by atoms with Crippen LogP contribution in [0.2, 0.25) is 5.15 Å². The number of hydrogen-bond donors (Lipinski definition) is 1. The molecule has 2 aromatic rings. The number of carbonyl (C=O) groups is 2. The molecule has 1 aromatic heterocycles. The van der Waals surface area contributed by atoms with Crippen molar-refractivity contribution in [1.29, 1.82) is 0 Å². The van der Waals surface area contributed by atoms with E-state index in [2.05, 4.69) is 10.3 Å². The number of esters is 1. The van der Waals surface area contributed by atoms with Crippen LogP contribution in [0.5, 0.6) is 17.2 Å². The van der Waals surface area contributed by atoms with E-state index in [1.807, 2.05) is 0 Å². The molecule has 0 radical (unpaired) electrons. The van der Waals surface area contributed by atoms with Crippen molar-refractivity contribution < 1.29 is 28.5 Å². The number of hydrogen-bond acceptors (Lipinski definition) is 7. The third-order valence-corrected chi connectivity index (χ3v) is 4.38. The van der Waals surface area contributed by atoms with Crippen LogP contribution in [-0.4, -0.2) is 44.8 Å². The molecule has 0 aliphatic heterocycles. The largest absolute Gasteiger partial charge is 0.496 e. The zero-order valence-electron chi connectivity index (χ0n) is 16.9. The molecule has 2 rings (SSSR count). The first-order valence-corrected chi connectivity index (χ1v) is 9.05. The molecule has 0 atom stereocenters. The fourth-order valence-corrected chi connectivity index (χ4v) is 3.07. The summed E-state index contributed by atoms with van der Waals surface area (Å²) in [6.07, 6.45) is 0. The van der Waals surface area contributed by atoms with Crippen LogP contribution in [0.4, 0.5) is 0 Å². The second kappa shape index (κ2) is 9.97. The van der Waals surface area contributed by atoms with E-state index < -0.39 is 18.5 Å². The third-order valence-electron chi connectivity index (χ3n) is 4.10. The molecule has 1 N–H and O–H groups in total. The van der Waals surface area contributed by atoms with Gasteiger partial charge in [-0.1, -0.05) is 11.6 Å². The summed E-state index contributed by atoms with van der Waals surface area (Å²) in [4.78, 5) is 28.4. The molecule has 0 aliphatic carbocycles. The molecule has 29 heavy (non-hydrogen) atoms. The van der Waals surface area contributed by atoms with Gasteiger partial charge in [-0.05, 0) is 31.5 Å². The molecular weight excluding hydrogens is 400 g/mol. The van der Waals surface area contributed by atoms with Crippen molar-refractivity contribution in [3.05, 3.63) is 45.7 Å². The molecule has 1 heterocycles. The molecular formula is C20H23ClN2O6. The van der Waals surface area contributed by atoms with E-state index in [0.29, 0.717) is 34.1 Å². The average Bonchev–Trinajstić information content (AvgIpc) is 2.69. The van der Waals surface area contributed by atoms with Gasteiger partial charge in [-0.3, -0.25) is 4.79 Å². The second-order valence-electron chi connectivity index (χ2n) is 6.12. The van der Waals surface area contributed by atoms with Crippen molar-refractivity contribution in [2.24, 2.45) is 0 Å². The highest BCUT2D eigenvalue weighted by Crippen LogP contribution is 2.34. The molecule has 1 amide bonds. The van der Waals surface area contributed by atoms with Crippen LogP contribution < -0.4 is 19.5 Å². The molecule has 1 aromatic carbocycles. The van der Waals surface area contributed by atoms with Crippen molar-refractivity contribution in [2.75, 3.05) is 27.9 Å². The molecule has 156 valence electrons. The Morgan fingerprint density at radius 2 is 1.62 bits per heavy atom. The quantitative estimate of drug-likeness (QED) is 0.516.